The van der Waals surface area contributed by atoms with E-state index in [0.717, 1.165) is 0 Å². The van der Waals surface area contributed by atoms with Gasteiger partial charge in [-0.2, -0.15) is 0 Å². The number of anilines is 1. The van der Waals surface area contributed by atoms with Gasteiger partial charge in [-0.05, 0) is 24.3 Å². The number of hydrogen-bond acceptors (Lipinski definition) is 7. The quantitative estimate of drug-likeness (QED) is 0.441. The molecule has 6 N–H and O–H groups in total. The van der Waals surface area contributed by atoms with Gasteiger partial charge in [-0.1, -0.05) is 0 Å². The lowest BCUT2D eigenvalue weighted by molar-refractivity contribution is -0.0153. The maximum absolute atomic E-state index is 11.1. The predicted molar refractivity (Wildman–Crippen MR) is 69.2 cm³/mol. The molecule has 0 radical (unpaired) electrons. The van der Waals surface area contributed by atoms with E-state index in [1.807, 2.05) is 0 Å². The fraction of sp³-hybridized carbons (Fsp3) is 0.455. The summed E-state index contributed by atoms with van der Waals surface area (Å²) in [6, 6.07) is 5.51. The topological polar surface area (TPSA) is 142 Å². The summed E-state index contributed by atoms with van der Waals surface area (Å²) in [5.74, 6) is 0. The van der Waals surface area contributed by atoms with Gasteiger partial charge in [-0.25, -0.2) is 13.6 Å². The van der Waals surface area contributed by atoms with Crippen LogP contribution in [0.1, 0.15) is 0 Å². The molecule has 1 fully saturated rings. The molecule has 2 rings (SSSR count). The Hall–Kier alpha value is -1.23. The average molecular weight is 304 g/mol. The van der Waals surface area contributed by atoms with Gasteiger partial charge in [0, 0.05) is 5.69 Å². The van der Waals surface area contributed by atoms with E-state index < -0.39 is 41.2 Å². The number of aliphatic hydroxyl groups is 3. The molecular formula is C11H16N2O6S. The Kier molecular flexibility index (Phi) is 4.28. The van der Waals surface area contributed by atoms with Crippen molar-refractivity contribution in [3.05, 3.63) is 24.3 Å². The summed E-state index contributed by atoms with van der Waals surface area (Å²) in [5, 5.41) is 36.0. The number of primary sulfonamides is 1. The first kappa shape index (κ1) is 15.2. The molecule has 20 heavy (non-hydrogen) atoms. The SMILES string of the molecule is NS(=O)(=O)c1ccc(N[C@H]2O[C@@H](CO)[C@@H](O)[C@H]2O)cc1. The smallest absolute Gasteiger partial charge is 0.238 e. The van der Waals surface area contributed by atoms with Gasteiger partial charge in [-0.15, -0.1) is 0 Å². The third-order valence-corrected chi connectivity index (χ3v) is 3.96. The highest BCUT2D eigenvalue weighted by molar-refractivity contribution is 7.89. The van der Waals surface area contributed by atoms with Gasteiger partial charge >= 0.3 is 0 Å². The molecular weight excluding hydrogens is 288 g/mol. The van der Waals surface area contributed by atoms with Crippen molar-refractivity contribution in [2.75, 3.05) is 11.9 Å². The highest BCUT2D eigenvalue weighted by Crippen LogP contribution is 2.23. The second-order valence-corrected chi connectivity index (χ2v) is 6.03. The summed E-state index contributed by atoms with van der Waals surface area (Å²) in [6.45, 7) is -0.416. The van der Waals surface area contributed by atoms with Gasteiger partial charge in [-0.3, -0.25) is 0 Å². The Morgan fingerprint density at radius 3 is 2.25 bits per heavy atom. The van der Waals surface area contributed by atoms with Crippen molar-refractivity contribution < 1.29 is 28.5 Å². The van der Waals surface area contributed by atoms with Crippen molar-refractivity contribution in [2.24, 2.45) is 5.14 Å². The largest absolute Gasteiger partial charge is 0.394 e. The molecule has 4 atom stereocenters. The lowest BCUT2D eigenvalue weighted by Gasteiger charge is -2.17. The minimum absolute atomic E-state index is 0.0378. The van der Waals surface area contributed by atoms with Crippen LogP contribution >= 0.6 is 0 Å². The molecule has 0 saturated carbocycles. The molecule has 1 aliphatic rings. The summed E-state index contributed by atoms with van der Waals surface area (Å²) in [4.78, 5) is -0.0378. The van der Waals surface area contributed by atoms with Crippen molar-refractivity contribution in [3.8, 4) is 0 Å². The first-order valence-electron chi connectivity index (χ1n) is 5.85. The summed E-state index contributed by atoms with van der Waals surface area (Å²) in [6.07, 6.45) is -4.17. The van der Waals surface area contributed by atoms with Crippen molar-refractivity contribution >= 4 is 15.7 Å². The van der Waals surface area contributed by atoms with Crippen molar-refractivity contribution in [3.63, 3.8) is 0 Å². The zero-order chi connectivity index (χ0) is 14.9. The number of nitrogens with one attached hydrogen (secondary N) is 1. The molecule has 1 heterocycles. The Bertz CT molecular complexity index is 561. The van der Waals surface area contributed by atoms with E-state index in [9.17, 15) is 18.6 Å². The maximum Gasteiger partial charge on any atom is 0.238 e. The van der Waals surface area contributed by atoms with Crippen LogP contribution in [0.25, 0.3) is 0 Å². The van der Waals surface area contributed by atoms with E-state index in [-0.39, 0.29) is 4.90 Å². The summed E-state index contributed by atoms with van der Waals surface area (Å²) >= 11 is 0. The van der Waals surface area contributed by atoms with Gasteiger partial charge in [0.2, 0.25) is 10.0 Å². The Morgan fingerprint density at radius 2 is 1.80 bits per heavy atom. The molecule has 0 unspecified atom stereocenters. The van der Waals surface area contributed by atoms with E-state index in [1.165, 1.54) is 24.3 Å². The normalized spacial score (nSPS) is 30.4. The molecule has 1 aromatic carbocycles. The molecule has 1 saturated heterocycles. The van der Waals surface area contributed by atoms with Gasteiger partial charge < -0.3 is 25.4 Å². The van der Waals surface area contributed by atoms with Crippen LogP contribution in [0.15, 0.2) is 29.2 Å². The fourth-order valence-corrected chi connectivity index (χ4v) is 2.44. The lowest BCUT2D eigenvalue weighted by Crippen LogP contribution is -2.36. The summed E-state index contributed by atoms with van der Waals surface area (Å²) in [5.41, 5.74) is 0.479. The molecule has 112 valence electrons. The molecule has 1 aromatic rings. The van der Waals surface area contributed by atoms with Crippen LogP contribution in [-0.2, 0) is 14.8 Å². The molecule has 9 heteroatoms. The third kappa shape index (κ3) is 3.08. The molecule has 8 nitrogen and oxygen atoms in total. The van der Waals surface area contributed by atoms with E-state index in [4.69, 9.17) is 15.0 Å². The Balaban J connectivity index is 2.08. The summed E-state index contributed by atoms with van der Waals surface area (Å²) < 4.78 is 27.4. The number of ether oxygens (including phenoxy) is 1. The Morgan fingerprint density at radius 1 is 1.20 bits per heavy atom. The molecule has 0 aliphatic carbocycles. The van der Waals surface area contributed by atoms with Crippen LogP contribution in [0.3, 0.4) is 0 Å². The monoisotopic (exact) mass is 304 g/mol. The van der Waals surface area contributed by atoms with Crippen molar-refractivity contribution in [1.82, 2.24) is 0 Å². The van der Waals surface area contributed by atoms with Crippen LogP contribution in [-0.4, -0.2) is 54.9 Å². The van der Waals surface area contributed by atoms with Crippen molar-refractivity contribution in [2.45, 2.75) is 29.4 Å². The van der Waals surface area contributed by atoms with Crippen LogP contribution < -0.4 is 10.5 Å². The van der Waals surface area contributed by atoms with E-state index in [2.05, 4.69) is 5.32 Å². The Labute approximate surface area is 115 Å². The molecule has 1 aliphatic heterocycles. The number of hydrogen-bond donors (Lipinski definition) is 5. The second-order valence-electron chi connectivity index (χ2n) is 4.47. The highest BCUT2D eigenvalue weighted by Gasteiger charge is 2.42. The highest BCUT2D eigenvalue weighted by atomic mass is 32.2. The maximum atomic E-state index is 11.1. The minimum atomic E-state index is -3.76. The average Bonchev–Trinajstić information content (AvgIpc) is 2.66. The van der Waals surface area contributed by atoms with Crippen LogP contribution in [0.5, 0.6) is 0 Å². The second kappa shape index (κ2) is 5.64. The number of aliphatic hydroxyl groups excluding tert-OH is 3. The molecule has 0 spiro atoms. The number of benzene rings is 1. The number of nitrogens with two attached hydrogens (primary N) is 1. The predicted octanol–water partition coefficient (Wildman–Crippen LogP) is -1.82. The van der Waals surface area contributed by atoms with Gasteiger partial charge in [0.1, 0.15) is 18.3 Å². The molecule has 0 bridgehead atoms. The first-order chi connectivity index (χ1) is 9.32. The number of rotatable bonds is 4. The zero-order valence-electron chi connectivity index (χ0n) is 10.4. The first-order valence-corrected chi connectivity index (χ1v) is 7.39. The lowest BCUT2D eigenvalue weighted by atomic mass is 10.1. The molecule has 0 aromatic heterocycles. The van der Waals surface area contributed by atoms with E-state index >= 15 is 0 Å². The number of sulfonamides is 1. The zero-order valence-corrected chi connectivity index (χ0v) is 11.2. The van der Waals surface area contributed by atoms with Gasteiger partial charge in [0.05, 0.1) is 11.5 Å². The molecule has 0 amide bonds. The van der Waals surface area contributed by atoms with Crippen LogP contribution in [0.2, 0.25) is 0 Å². The fourth-order valence-electron chi connectivity index (χ4n) is 1.92. The van der Waals surface area contributed by atoms with E-state index in [0.29, 0.717) is 5.69 Å². The van der Waals surface area contributed by atoms with E-state index in [1.54, 1.807) is 0 Å². The van der Waals surface area contributed by atoms with Gasteiger partial charge in [0.25, 0.3) is 0 Å². The van der Waals surface area contributed by atoms with Crippen LogP contribution in [0.4, 0.5) is 5.69 Å². The third-order valence-electron chi connectivity index (χ3n) is 3.03. The van der Waals surface area contributed by atoms with Gasteiger partial charge in [0.15, 0.2) is 6.23 Å². The summed E-state index contributed by atoms with van der Waals surface area (Å²) in [7, 11) is -3.76. The standard InChI is InChI=1S/C11H16N2O6S/c12-20(17,18)7-3-1-6(2-4-7)13-11-10(16)9(15)8(5-14)19-11/h1-4,8-11,13-16H,5H2,(H2,12,17,18)/t8-,9+,10+,11-/m0/s1. The van der Waals surface area contributed by atoms with Crippen molar-refractivity contribution in [1.29, 1.82) is 0 Å². The van der Waals surface area contributed by atoms with Crippen LogP contribution in [0, 0.1) is 0 Å². The minimum Gasteiger partial charge on any atom is -0.394 e.